The average Bonchev–Trinajstić information content (AvgIpc) is 2.30. The zero-order valence-electron chi connectivity index (χ0n) is 10.4. The summed E-state index contributed by atoms with van der Waals surface area (Å²) in [6.07, 6.45) is 0. The second kappa shape index (κ2) is 7.30. The van der Waals surface area contributed by atoms with Crippen molar-refractivity contribution in [1.29, 1.82) is 0 Å². The molecule has 0 saturated carbocycles. The molecule has 2 heteroatoms. The summed E-state index contributed by atoms with van der Waals surface area (Å²) >= 11 is 0. The monoisotopic (exact) mass is 210 g/mol. The SMILES string of the molecule is CC.COc1ccc(C(C)C)cc1CO. The highest BCUT2D eigenvalue weighted by Gasteiger charge is 2.05. The molecular weight excluding hydrogens is 188 g/mol. The first kappa shape index (κ1) is 14.0. The van der Waals surface area contributed by atoms with Crippen LogP contribution in [0.15, 0.2) is 18.2 Å². The first-order valence-corrected chi connectivity index (χ1v) is 5.46. The molecule has 0 heterocycles. The number of benzene rings is 1. The minimum Gasteiger partial charge on any atom is -0.496 e. The van der Waals surface area contributed by atoms with Crippen LogP contribution in [0.3, 0.4) is 0 Å². The topological polar surface area (TPSA) is 29.5 Å². The molecular formula is C13H22O2. The molecule has 2 nitrogen and oxygen atoms in total. The van der Waals surface area contributed by atoms with Gasteiger partial charge in [-0.05, 0) is 23.6 Å². The molecule has 1 N–H and O–H groups in total. The lowest BCUT2D eigenvalue weighted by Gasteiger charge is -2.10. The van der Waals surface area contributed by atoms with E-state index >= 15 is 0 Å². The third-order valence-corrected chi connectivity index (χ3v) is 2.14. The molecule has 0 aliphatic heterocycles. The van der Waals surface area contributed by atoms with E-state index in [0.717, 1.165) is 11.3 Å². The number of hydrogen-bond donors (Lipinski definition) is 1. The van der Waals surface area contributed by atoms with Crippen LogP contribution in [0.5, 0.6) is 5.75 Å². The van der Waals surface area contributed by atoms with Gasteiger partial charge in [0.25, 0.3) is 0 Å². The van der Waals surface area contributed by atoms with Gasteiger partial charge >= 0.3 is 0 Å². The predicted octanol–water partition coefficient (Wildman–Crippen LogP) is 3.34. The van der Waals surface area contributed by atoms with Crippen molar-refractivity contribution in [3.63, 3.8) is 0 Å². The van der Waals surface area contributed by atoms with Crippen LogP contribution >= 0.6 is 0 Å². The Labute approximate surface area is 92.9 Å². The molecule has 0 bridgehead atoms. The molecule has 0 radical (unpaired) electrons. The van der Waals surface area contributed by atoms with Crippen LogP contribution in [0.1, 0.15) is 44.7 Å². The minimum atomic E-state index is 0.0315. The van der Waals surface area contributed by atoms with Gasteiger partial charge in [0, 0.05) is 5.56 Å². The molecule has 0 aliphatic carbocycles. The summed E-state index contributed by atoms with van der Waals surface area (Å²) in [5.41, 5.74) is 2.08. The Balaban J connectivity index is 0.000000921. The van der Waals surface area contributed by atoms with Gasteiger partial charge in [-0.2, -0.15) is 0 Å². The quantitative estimate of drug-likeness (QED) is 0.829. The first-order chi connectivity index (χ1) is 7.19. The first-order valence-electron chi connectivity index (χ1n) is 5.46. The van der Waals surface area contributed by atoms with Crippen molar-refractivity contribution in [2.45, 2.75) is 40.2 Å². The van der Waals surface area contributed by atoms with E-state index in [1.165, 1.54) is 5.56 Å². The lowest BCUT2D eigenvalue weighted by Crippen LogP contribution is -1.95. The van der Waals surface area contributed by atoms with Gasteiger partial charge in [-0.3, -0.25) is 0 Å². The lowest BCUT2D eigenvalue weighted by atomic mass is 10.0. The largest absolute Gasteiger partial charge is 0.496 e. The van der Waals surface area contributed by atoms with Gasteiger partial charge in [-0.25, -0.2) is 0 Å². The van der Waals surface area contributed by atoms with E-state index in [0.29, 0.717) is 5.92 Å². The summed E-state index contributed by atoms with van der Waals surface area (Å²) in [6, 6.07) is 5.92. The zero-order chi connectivity index (χ0) is 11.8. The smallest absolute Gasteiger partial charge is 0.124 e. The van der Waals surface area contributed by atoms with Crippen LogP contribution in [-0.2, 0) is 6.61 Å². The van der Waals surface area contributed by atoms with Gasteiger partial charge in [-0.15, -0.1) is 0 Å². The maximum absolute atomic E-state index is 9.08. The summed E-state index contributed by atoms with van der Waals surface area (Å²) in [6.45, 7) is 8.29. The molecule has 0 aliphatic rings. The fraction of sp³-hybridized carbons (Fsp3) is 0.538. The van der Waals surface area contributed by atoms with Crippen LogP contribution in [0.4, 0.5) is 0 Å². The zero-order valence-corrected chi connectivity index (χ0v) is 10.4. The molecule has 86 valence electrons. The Morgan fingerprint density at radius 2 is 1.87 bits per heavy atom. The summed E-state index contributed by atoms with van der Waals surface area (Å²) in [5, 5.41) is 9.08. The Hall–Kier alpha value is -1.02. The second-order valence-corrected chi connectivity index (χ2v) is 3.38. The van der Waals surface area contributed by atoms with Gasteiger partial charge in [-0.1, -0.05) is 33.8 Å². The molecule has 0 spiro atoms. The van der Waals surface area contributed by atoms with Crippen molar-refractivity contribution in [2.24, 2.45) is 0 Å². The van der Waals surface area contributed by atoms with Gasteiger partial charge in [0.2, 0.25) is 0 Å². The second-order valence-electron chi connectivity index (χ2n) is 3.38. The van der Waals surface area contributed by atoms with E-state index in [-0.39, 0.29) is 6.61 Å². The van der Waals surface area contributed by atoms with E-state index in [2.05, 4.69) is 13.8 Å². The Morgan fingerprint density at radius 3 is 2.27 bits per heavy atom. The Kier molecular flexibility index (Phi) is 6.80. The van der Waals surface area contributed by atoms with E-state index in [9.17, 15) is 0 Å². The average molecular weight is 210 g/mol. The van der Waals surface area contributed by atoms with Gasteiger partial charge in [0.05, 0.1) is 13.7 Å². The van der Waals surface area contributed by atoms with Crippen molar-refractivity contribution in [2.75, 3.05) is 7.11 Å². The maximum Gasteiger partial charge on any atom is 0.124 e. The van der Waals surface area contributed by atoms with Gasteiger partial charge in [0.15, 0.2) is 0 Å². The third kappa shape index (κ3) is 3.92. The van der Waals surface area contributed by atoms with Gasteiger partial charge < -0.3 is 9.84 Å². The van der Waals surface area contributed by atoms with Crippen LogP contribution in [0.2, 0.25) is 0 Å². The van der Waals surface area contributed by atoms with E-state index < -0.39 is 0 Å². The van der Waals surface area contributed by atoms with E-state index in [1.54, 1.807) is 7.11 Å². The predicted molar refractivity (Wildman–Crippen MR) is 64.4 cm³/mol. The highest BCUT2D eigenvalue weighted by molar-refractivity contribution is 5.37. The van der Waals surface area contributed by atoms with Crippen LogP contribution in [-0.4, -0.2) is 12.2 Å². The Bertz CT molecular complexity index is 280. The van der Waals surface area contributed by atoms with E-state index in [1.807, 2.05) is 32.0 Å². The lowest BCUT2D eigenvalue weighted by molar-refractivity contribution is 0.273. The van der Waals surface area contributed by atoms with Crippen LogP contribution < -0.4 is 4.74 Å². The fourth-order valence-corrected chi connectivity index (χ4v) is 1.28. The number of rotatable bonds is 3. The number of aliphatic hydroxyl groups is 1. The number of aliphatic hydroxyl groups excluding tert-OH is 1. The normalized spacial score (nSPS) is 9.53. The highest BCUT2D eigenvalue weighted by atomic mass is 16.5. The van der Waals surface area contributed by atoms with Crippen molar-refractivity contribution in [1.82, 2.24) is 0 Å². The van der Waals surface area contributed by atoms with Crippen molar-refractivity contribution in [3.8, 4) is 5.75 Å². The summed E-state index contributed by atoms with van der Waals surface area (Å²) in [5.74, 6) is 1.24. The Morgan fingerprint density at radius 1 is 1.27 bits per heavy atom. The molecule has 0 fully saturated rings. The minimum absolute atomic E-state index is 0.0315. The van der Waals surface area contributed by atoms with Crippen LogP contribution in [0.25, 0.3) is 0 Å². The van der Waals surface area contributed by atoms with Crippen molar-refractivity contribution >= 4 is 0 Å². The number of hydrogen-bond acceptors (Lipinski definition) is 2. The van der Waals surface area contributed by atoms with Crippen LogP contribution in [0, 0.1) is 0 Å². The third-order valence-electron chi connectivity index (χ3n) is 2.14. The molecule has 0 atom stereocenters. The molecule has 0 amide bonds. The number of ether oxygens (including phenoxy) is 1. The summed E-state index contributed by atoms with van der Waals surface area (Å²) in [7, 11) is 1.61. The molecule has 1 aromatic carbocycles. The molecule has 0 saturated heterocycles. The summed E-state index contributed by atoms with van der Waals surface area (Å²) < 4.78 is 5.11. The summed E-state index contributed by atoms with van der Waals surface area (Å²) in [4.78, 5) is 0. The molecule has 0 unspecified atom stereocenters. The highest BCUT2D eigenvalue weighted by Crippen LogP contribution is 2.23. The molecule has 1 aromatic rings. The molecule has 1 rings (SSSR count). The molecule has 15 heavy (non-hydrogen) atoms. The standard InChI is InChI=1S/C11H16O2.C2H6/c1-8(2)9-4-5-11(13-3)10(6-9)7-12;1-2/h4-6,8,12H,7H2,1-3H3;1-2H3. The van der Waals surface area contributed by atoms with Crippen molar-refractivity contribution in [3.05, 3.63) is 29.3 Å². The van der Waals surface area contributed by atoms with E-state index in [4.69, 9.17) is 9.84 Å². The maximum atomic E-state index is 9.08. The number of methoxy groups -OCH3 is 1. The fourth-order valence-electron chi connectivity index (χ4n) is 1.28. The van der Waals surface area contributed by atoms with Gasteiger partial charge in [0.1, 0.15) is 5.75 Å². The van der Waals surface area contributed by atoms with Crippen molar-refractivity contribution < 1.29 is 9.84 Å². The molecule has 0 aromatic heterocycles.